The molecule has 1 aromatic rings. The van der Waals surface area contributed by atoms with Gasteiger partial charge in [-0.2, -0.15) is 5.10 Å². The van der Waals surface area contributed by atoms with Gasteiger partial charge < -0.3 is 5.11 Å². The number of carbonyl (C=O) groups is 1. The number of H-pyrrole nitrogens is 1. The summed E-state index contributed by atoms with van der Waals surface area (Å²) in [6, 6.07) is 0. The van der Waals surface area contributed by atoms with Crippen LogP contribution in [0.3, 0.4) is 0 Å². The fourth-order valence-electron chi connectivity index (χ4n) is 0.910. The second-order valence-corrected chi connectivity index (χ2v) is 2.41. The van der Waals surface area contributed by atoms with E-state index in [2.05, 4.69) is 10.2 Å². The SMILES string of the molecule is CCCc1n[nH]c(C(=O)O)c1F. The van der Waals surface area contributed by atoms with Gasteiger partial charge in [0.15, 0.2) is 11.5 Å². The number of hydrogen-bond donors (Lipinski definition) is 2. The van der Waals surface area contributed by atoms with E-state index < -0.39 is 17.5 Å². The molecule has 5 heteroatoms. The fraction of sp³-hybridized carbons (Fsp3) is 0.429. The normalized spacial score (nSPS) is 10.2. The number of carboxylic acid groups (broad SMARTS) is 1. The third-order valence-electron chi connectivity index (χ3n) is 1.48. The molecule has 4 nitrogen and oxygen atoms in total. The molecule has 66 valence electrons. The topological polar surface area (TPSA) is 66.0 Å². The predicted molar refractivity (Wildman–Crippen MR) is 39.5 cm³/mol. The molecule has 1 heterocycles. The summed E-state index contributed by atoms with van der Waals surface area (Å²) in [5.41, 5.74) is -0.270. The van der Waals surface area contributed by atoms with Crippen molar-refractivity contribution in [1.29, 1.82) is 0 Å². The van der Waals surface area contributed by atoms with Gasteiger partial charge in [0, 0.05) is 0 Å². The van der Waals surface area contributed by atoms with Crippen LogP contribution in [0.5, 0.6) is 0 Å². The molecule has 0 aromatic carbocycles. The van der Waals surface area contributed by atoms with E-state index in [1.807, 2.05) is 6.92 Å². The van der Waals surface area contributed by atoms with Gasteiger partial charge in [0.25, 0.3) is 0 Å². The summed E-state index contributed by atoms with van der Waals surface area (Å²) >= 11 is 0. The maximum Gasteiger partial charge on any atom is 0.357 e. The first kappa shape index (κ1) is 8.70. The van der Waals surface area contributed by atoms with Crippen LogP contribution in [0.2, 0.25) is 0 Å². The minimum absolute atomic E-state index is 0.190. The Morgan fingerprint density at radius 3 is 2.83 bits per heavy atom. The Balaban J connectivity index is 2.96. The van der Waals surface area contributed by atoms with E-state index >= 15 is 0 Å². The van der Waals surface area contributed by atoms with Crippen molar-refractivity contribution in [3.8, 4) is 0 Å². The van der Waals surface area contributed by atoms with Gasteiger partial charge in [0.05, 0.1) is 5.69 Å². The number of hydrogen-bond acceptors (Lipinski definition) is 2. The molecule has 12 heavy (non-hydrogen) atoms. The lowest BCUT2D eigenvalue weighted by Crippen LogP contribution is -1.99. The van der Waals surface area contributed by atoms with Crippen molar-refractivity contribution in [2.75, 3.05) is 0 Å². The fourth-order valence-corrected chi connectivity index (χ4v) is 0.910. The summed E-state index contributed by atoms with van der Waals surface area (Å²) in [5.74, 6) is -2.06. The van der Waals surface area contributed by atoms with E-state index in [4.69, 9.17) is 5.11 Å². The van der Waals surface area contributed by atoms with Crippen LogP contribution in [-0.2, 0) is 6.42 Å². The van der Waals surface area contributed by atoms with Gasteiger partial charge in [0.2, 0.25) is 0 Å². The van der Waals surface area contributed by atoms with E-state index in [1.54, 1.807) is 0 Å². The second kappa shape index (κ2) is 3.34. The zero-order valence-corrected chi connectivity index (χ0v) is 6.59. The van der Waals surface area contributed by atoms with Crippen molar-refractivity contribution in [1.82, 2.24) is 10.2 Å². The standard InChI is InChI=1S/C7H9FN2O2/c1-2-3-4-5(8)6(7(11)12)10-9-4/h2-3H2,1H3,(H,9,10)(H,11,12). The van der Waals surface area contributed by atoms with Gasteiger partial charge in [-0.15, -0.1) is 0 Å². The van der Waals surface area contributed by atoms with Gasteiger partial charge in [-0.25, -0.2) is 9.18 Å². The Labute approximate surface area is 68.4 Å². The third kappa shape index (κ3) is 1.44. The van der Waals surface area contributed by atoms with Gasteiger partial charge in [-0.05, 0) is 6.42 Å². The number of aryl methyl sites for hydroxylation is 1. The largest absolute Gasteiger partial charge is 0.476 e. The van der Waals surface area contributed by atoms with Crippen molar-refractivity contribution in [3.05, 3.63) is 17.2 Å². The summed E-state index contributed by atoms with van der Waals surface area (Å²) in [4.78, 5) is 10.3. The summed E-state index contributed by atoms with van der Waals surface area (Å²) < 4.78 is 13.0. The van der Waals surface area contributed by atoms with Gasteiger partial charge in [0.1, 0.15) is 0 Å². The molecule has 0 atom stereocenters. The second-order valence-electron chi connectivity index (χ2n) is 2.41. The highest BCUT2D eigenvalue weighted by molar-refractivity contribution is 5.85. The smallest absolute Gasteiger partial charge is 0.357 e. The molecular formula is C7H9FN2O2. The van der Waals surface area contributed by atoms with Crippen molar-refractivity contribution >= 4 is 5.97 Å². The number of carboxylic acids is 1. The Kier molecular flexibility index (Phi) is 2.42. The molecule has 0 aliphatic heterocycles. The van der Waals surface area contributed by atoms with E-state index in [9.17, 15) is 9.18 Å². The molecule has 0 unspecified atom stereocenters. The van der Waals surface area contributed by atoms with Crippen molar-refractivity contribution < 1.29 is 14.3 Å². The first-order valence-corrected chi connectivity index (χ1v) is 3.62. The van der Waals surface area contributed by atoms with E-state index in [0.717, 1.165) is 6.42 Å². The molecule has 1 rings (SSSR count). The Bertz CT molecular complexity index is 296. The maximum absolute atomic E-state index is 13.0. The summed E-state index contributed by atoms with van der Waals surface area (Å²) in [7, 11) is 0. The monoisotopic (exact) mass is 172 g/mol. The first-order valence-electron chi connectivity index (χ1n) is 3.62. The quantitative estimate of drug-likeness (QED) is 0.719. The molecule has 0 bridgehead atoms. The zero-order chi connectivity index (χ0) is 9.14. The molecule has 0 amide bonds. The molecule has 0 saturated carbocycles. The van der Waals surface area contributed by atoms with Gasteiger partial charge in [-0.3, -0.25) is 5.10 Å². The average Bonchev–Trinajstić information content (AvgIpc) is 2.34. The Morgan fingerprint density at radius 1 is 1.75 bits per heavy atom. The number of nitrogens with zero attached hydrogens (tertiary/aromatic N) is 1. The molecule has 2 N–H and O–H groups in total. The van der Waals surface area contributed by atoms with Crippen LogP contribution < -0.4 is 0 Å². The third-order valence-corrected chi connectivity index (χ3v) is 1.48. The van der Waals surface area contributed by atoms with Crippen molar-refractivity contribution in [2.45, 2.75) is 19.8 Å². The highest BCUT2D eigenvalue weighted by Crippen LogP contribution is 2.10. The maximum atomic E-state index is 13.0. The van der Waals surface area contributed by atoms with Crippen LogP contribution in [0, 0.1) is 5.82 Å². The van der Waals surface area contributed by atoms with Crippen molar-refractivity contribution in [2.24, 2.45) is 0 Å². The summed E-state index contributed by atoms with van der Waals surface area (Å²) in [6.07, 6.45) is 1.19. The summed E-state index contributed by atoms with van der Waals surface area (Å²) in [5, 5.41) is 14.1. The number of nitrogens with one attached hydrogen (secondary N) is 1. The molecule has 1 aromatic heterocycles. The Morgan fingerprint density at radius 2 is 2.42 bits per heavy atom. The molecule has 0 spiro atoms. The Hall–Kier alpha value is -1.39. The molecule has 0 aliphatic carbocycles. The lowest BCUT2D eigenvalue weighted by atomic mass is 10.2. The first-order chi connectivity index (χ1) is 5.66. The number of aromatic amines is 1. The zero-order valence-electron chi connectivity index (χ0n) is 6.59. The van der Waals surface area contributed by atoms with Crippen LogP contribution in [0.4, 0.5) is 4.39 Å². The predicted octanol–water partition coefficient (Wildman–Crippen LogP) is 1.20. The number of halogens is 1. The number of aromatic carboxylic acids is 1. The van der Waals surface area contributed by atoms with E-state index in [0.29, 0.717) is 6.42 Å². The van der Waals surface area contributed by atoms with E-state index in [1.165, 1.54) is 0 Å². The highest BCUT2D eigenvalue weighted by atomic mass is 19.1. The minimum atomic E-state index is -1.32. The molecule has 0 radical (unpaired) electrons. The number of aromatic nitrogens is 2. The van der Waals surface area contributed by atoms with Crippen LogP contribution in [0.1, 0.15) is 29.5 Å². The van der Waals surface area contributed by atoms with Crippen LogP contribution >= 0.6 is 0 Å². The molecule has 0 aliphatic rings. The molecular weight excluding hydrogens is 163 g/mol. The molecule has 0 fully saturated rings. The lowest BCUT2D eigenvalue weighted by molar-refractivity contribution is 0.0685. The number of rotatable bonds is 3. The minimum Gasteiger partial charge on any atom is -0.476 e. The molecule has 0 saturated heterocycles. The van der Waals surface area contributed by atoms with E-state index in [-0.39, 0.29) is 5.69 Å². The average molecular weight is 172 g/mol. The summed E-state index contributed by atoms with van der Waals surface area (Å²) in [6.45, 7) is 1.87. The van der Waals surface area contributed by atoms with Gasteiger partial charge in [-0.1, -0.05) is 13.3 Å². The van der Waals surface area contributed by atoms with Gasteiger partial charge >= 0.3 is 5.97 Å². The highest BCUT2D eigenvalue weighted by Gasteiger charge is 2.17. The lowest BCUT2D eigenvalue weighted by Gasteiger charge is -1.89. The van der Waals surface area contributed by atoms with Crippen LogP contribution in [0.25, 0.3) is 0 Å². The van der Waals surface area contributed by atoms with Crippen molar-refractivity contribution in [3.63, 3.8) is 0 Å². The van der Waals surface area contributed by atoms with Crippen LogP contribution in [0.15, 0.2) is 0 Å². The van der Waals surface area contributed by atoms with Crippen LogP contribution in [-0.4, -0.2) is 21.3 Å².